The van der Waals surface area contributed by atoms with Gasteiger partial charge in [0.25, 0.3) is 0 Å². The zero-order valence-corrected chi connectivity index (χ0v) is 15.8. The van der Waals surface area contributed by atoms with Crippen LogP contribution in [0, 0.1) is 0 Å². The summed E-state index contributed by atoms with van der Waals surface area (Å²) in [6.07, 6.45) is 0.531. The summed E-state index contributed by atoms with van der Waals surface area (Å²) in [6, 6.07) is 21.0. The first-order chi connectivity index (χ1) is 12.7. The van der Waals surface area contributed by atoms with Crippen LogP contribution in [-0.4, -0.2) is 49.6 Å². The lowest BCUT2D eigenvalue weighted by atomic mass is 10.1. The fraction of sp³-hybridized carbons (Fsp3) is 0.409. The molecule has 4 heteroatoms. The Bertz CT molecular complexity index is 681. The van der Waals surface area contributed by atoms with Crippen LogP contribution >= 0.6 is 0 Å². The van der Waals surface area contributed by atoms with Gasteiger partial charge >= 0.3 is 0 Å². The standard InChI is InChI=1S/C22H29N3O/c1-3-22(26)25(21-12-8-5-9-13-21)18-19(2)23-14-16-24(17-15-23)20-10-6-4-7-11-20/h4-13,19H,3,14-18H2,1-2H3. The summed E-state index contributed by atoms with van der Waals surface area (Å²) in [4.78, 5) is 19.3. The van der Waals surface area contributed by atoms with Crippen LogP contribution < -0.4 is 9.80 Å². The zero-order valence-electron chi connectivity index (χ0n) is 15.8. The van der Waals surface area contributed by atoms with Crippen LogP contribution in [0.3, 0.4) is 0 Å². The van der Waals surface area contributed by atoms with Gasteiger partial charge < -0.3 is 9.80 Å². The normalized spacial score (nSPS) is 16.3. The van der Waals surface area contributed by atoms with Gasteiger partial charge in [0.15, 0.2) is 0 Å². The summed E-state index contributed by atoms with van der Waals surface area (Å²) in [6.45, 7) is 9.02. The molecule has 1 amide bonds. The van der Waals surface area contributed by atoms with Gasteiger partial charge in [-0.2, -0.15) is 0 Å². The Morgan fingerprint density at radius 1 is 0.962 bits per heavy atom. The molecule has 0 spiro atoms. The Kier molecular flexibility index (Phi) is 6.29. The van der Waals surface area contributed by atoms with Crippen molar-refractivity contribution in [3.8, 4) is 0 Å². The molecular formula is C22H29N3O. The molecule has 26 heavy (non-hydrogen) atoms. The topological polar surface area (TPSA) is 26.8 Å². The van der Waals surface area contributed by atoms with Gasteiger partial charge in [-0.05, 0) is 31.2 Å². The Morgan fingerprint density at radius 2 is 1.54 bits per heavy atom. The van der Waals surface area contributed by atoms with E-state index >= 15 is 0 Å². The number of rotatable bonds is 6. The third-order valence-electron chi connectivity index (χ3n) is 5.18. The van der Waals surface area contributed by atoms with Crippen molar-refractivity contribution >= 4 is 17.3 Å². The molecule has 1 unspecified atom stereocenters. The van der Waals surface area contributed by atoms with Crippen LogP contribution in [-0.2, 0) is 4.79 Å². The molecule has 1 fully saturated rings. The second-order valence-electron chi connectivity index (χ2n) is 6.90. The predicted octanol–water partition coefficient (Wildman–Crippen LogP) is 3.64. The average Bonchev–Trinajstić information content (AvgIpc) is 2.72. The fourth-order valence-electron chi connectivity index (χ4n) is 3.59. The third kappa shape index (κ3) is 4.44. The van der Waals surface area contributed by atoms with Gasteiger partial charge in [0, 0.05) is 56.6 Å². The second-order valence-corrected chi connectivity index (χ2v) is 6.90. The summed E-state index contributed by atoms with van der Waals surface area (Å²) >= 11 is 0. The molecule has 0 aromatic heterocycles. The minimum atomic E-state index is 0.186. The molecule has 0 bridgehead atoms. The van der Waals surface area contributed by atoms with E-state index in [4.69, 9.17) is 0 Å². The number of anilines is 2. The summed E-state index contributed by atoms with van der Waals surface area (Å²) < 4.78 is 0. The molecule has 0 radical (unpaired) electrons. The van der Waals surface area contributed by atoms with Gasteiger partial charge in [0.1, 0.15) is 0 Å². The number of piperazine rings is 1. The number of carbonyl (C=O) groups excluding carboxylic acids is 1. The number of carbonyl (C=O) groups is 1. The van der Waals surface area contributed by atoms with Gasteiger partial charge in [-0.1, -0.05) is 43.3 Å². The predicted molar refractivity (Wildman–Crippen MR) is 109 cm³/mol. The number of benzene rings is 2. The van der Waals surface area contributed by atoms with Gasteiger partial charge in [0.2, 0.25) is 5.91 Å². The Labute approximate surface area is 157 Å². The van der Waals surface area contributed by atoms with Crippen molar-refractivity contribution in [1.82, 2.24) is 4.90 Å². The molecule has 138 valence electrons. The highest BCUT2D eigenvalue weighted by Gasteiger charge is 2.24. The lowest BCUT2D eigenvalue weighted by Crippen LogP contribution is -2.53. The maximum Gasteiger partial charge on any atom is 0.226 e. The minimum Gasteiger partial charge on any atom is -0.369 e. The lowest BCUT2D eigenvalue weighted by molar-refractivity contribution is -0.118. The molecule has 1 heterocycles. The van der Waals surface area contributed by atoms with E-state index in [1.807, 2.05) is 42.2 Å². The molecule has 2 aromatic rings. The van der Waals surface area contributed by atoms with Crippen molar-refractivity contribution in [2.75, 3.05) is 42.5 Å². The smallest absolute Gasteiger partial charge is 0.226 e. The number of nitrogens with zero attached hydrogens (tertiary/aromatic N) is 3. The van der Waals surface area contributed by atoms with Gasteiger partial charge in [-0.3, -0.25) is 9.69 Å². The number of hydrogen-bond donors (Lipinski definition) is 0. The first kappa shape index (κ1) is 18.5. The van der Waals surface area contributed by atoms with E-state index in [0.29, 0.717) is 12.5 Å². The molecular weight excluding hydrogens is 322 g/mol. The van der Waals surface area contributed by atoms with Crippen LogP contribution in [0.25, 0.3) is 0 Å². The van der Waals surface area contributed by atoms with Crippen LogP contribution in [0.2, 0.25) is 0 Å². The lowest BCUT2D eigenvalue weighted by Gasteiger charge is -2.40. The van der Waals surface area contributed by atoms with E-state index in [1.165, 1.54) is 5.69 Å². The van der Waals surface area contributed by atoms with Gasteiger partial charge in [-0.15, -0.1) is 0 Å². The maximum absolute atomic E-state index is 12.5. The van der Waals surface area contributed by atoms with Crippen LogP contribution in [0.5, 0.6) is 0 Å². The maximum atomic E-state index is 12.5. The number of amides is 1. The molecule has 2 aromatic carbocycles. The monoisotopic (exact) mass is 351 g/mol. The van der Waals surface area contributed by atoms with E-state index in [9.17, 15) is 4.79 Å². The summed E-state index contributed by atoms with van der Waals surface area (Å²) in [5, 5.41) is 0. The summed E-state index contributed by atoms with van der Waals surface area (Å²) in [5.74, 6) is 0.186. The molecule has 1 aliphatic rings. The Balaban J connectivity index is 1.60. The van der Waals surface area contributed by atoms with Crippen molar-refractivity contribution in [1.29, 1.82) is 0 Å². The Hall–Kier alpha value is -2.33. The quantitative estimate of drug-likeness (QED) is 0.795. The molecule has 1 saturated heterocycles. The molecule has 1 atom stereocenters. The zero-order chi connectivity index (χ0) is 18.4. The van der Waals surface area contributed by atoms with Crippen molar-refractivity contribution < 1.29 is 4.79 Å². The highest BCUT2D eigenvalue weighted by Crippen LogP contribution is 2.19. The van der Waals surface area contributed by atoms with E-state index in [0.717, 1.165) is 38.4 Å². The van der Waals surface area contributed by atoms with Crippen LogP contribution in [0.4, 0.5) is 11.4 Å². The van der Waals surface area contributed by atoms with Crippen molar-refractivity contribution in [3.05, 3.63) is 60.7 Å². The minimum absolute atomic E-state index is 0.186. The van der Waals surface area contributed by atoms with Gasteiger partial charge in [-0.25, -0.2) is 0 Å². The van der Waals surface area contributed by atoms with Crippen molar-refractivity contribution in [2.24, 2.45) is 0 Å². The highest BCUT2D eigenvalue weighted by molar-refractivity contribution is 5.93. The van der Waals surface area contributed by atoms with Crippen LogP contribution in [0.15, 0.2) is 60.7 Å². The molecule has 3 rings (SSSR count). The second kappa shape index (κ2) is 8.86. The van der Waals surface area contributed by atoms with E-state index in [2.05, 4.69) is 47.1 Å². The highest BCUT2D eigenvalue weighted by atomic mass is 16.2. The third-order valence-corrected chi connectivity index (χ3v) is 5.18. The fourth-order valence-corrected chi connectivity index (χ4v) is 3.59. The summed E-state index contributed by atoms with van der Waals surface area (Å²) in [5.41, 5.74) is 2.29. The average molecular weight is 351 g/mol. The van der Waals surface area contributed by atoms with Crippen LogP contribution in [0.1, 0.15) is 20.3 Å². The van der Waals surface area contributed by atoms with Gasteiger partial charge in [0.05, 0.1) is 0 Å². The molecule has 1 aliphatic heterocycles. The first-order valence-corrected chi connectivity index (χ1v) is 9.58. The molecule has 0 N–H and O–H groups in total. The molecule has 4 nitrogen and oxygen atoms in total. The molecule has 0 aliphatic carbocycles. The number of para-hydroxylation sites is 2. The largest absolute Gasteiger partial charge is 0.369 e. The SMILES string of the molecule is CCC(=O)N(CC(C)N1CCN(c2ccccc2)CC1)c1ccccc1. The summed E-state index contributed by atoms with van der Waals surface area (Å²) in [7, 11) is 0. The van der Waals surface area contributed by atoms with Crippen molar-refractivity contribution in [2.45, 2.75) is 26.3 Å². The van der Waals surface area contributed by atoms with E-state index < -0.39 is 0 Å². The van der Waals surface area contributed by atoms with E-state index in [-0.39, 0.29) is 5.91 Å². The number of hydrogen-bond acceptors (Lipinski definition) is 3. The van der Waals surface area contributed by atoms with E-state index in [1.54, 1.807) is 0 Å². The molecule has 0 saturated carbocycles. The van der Waals surface area contributed by atoms with Crippen molar-refractivity contribution in [3.63, 3.8) is 0 Å². The first-order valence-electron chi connectivity index (χ1n) is 9.58. The Morgan fingerprint density at radius 3 is 2.12 bits per heavy atom.